The van der Waals surface area contributed by atoms with E-state index in [0.29, 0.717) is 0 Å². The Bertz CT molecular complexity index is 1830. The second kappa shape index (κ2) is 15.3. The molecule has 0 fully saturated rings. The number of phenolic OH excluding ortho intramolecular Hbond substituents is 2. The fraction of sp³-hybridized carbons (Fsp3) is 0.138. The van der Waals surface area contributed by atoms with Gasteiger partial charge in [0.1, 0.15) is 34.5 Å². The number of carboxylic acid groups (broad SMARTS) is 2. The standard InChI is InChI=1S/C29H21N5O14/c35-20-7-14(46-12-25(39)40)1-4-17(20)27-30-28(18-5-2-15(8-21(18)36)47-13-26(41)42)32-29(31-27)19-6-3-16(45-10-23(37)33-43)9-22(19)48-11-24(38)34-44/h1-9,35-36H,10-13H2,(H,39,40)(H,41,42). The molecule has 19 nitrogen and oxygen atoms in total. The van der Waals surface area contributed by atoms with E-state index < -0.39 is 61.7 Å². The molecular weight excluding hydrogens is 642 g/mol. The molecular formula is C29H21N5O14. The smallest absolute Gasteiger partial charge is 0.341 e. The molecule has 4 aromatic rings. The van der Waals surface area contributed by atoms with Gasteiger partial charge in [0.25, 0.3) is 0 Å². The number of hydrogen-bond donors (Lipinski definition) is 4. The molecule has 1 heterocycles. The number of nitroso groups, excluding NO2 is 2. The first-order chi connectivity index (χ1) is 23.0. The number of rotatable bonds is 15. The lowest BCUT2D eigenvalue weighted by Crippen LogP contribution is -2.11. The molecule has 4 N–H and O–H groups in total. The second-order valence-corrected chi connectivity index (χ2v) is 9.23. The van der Waals surface area contributed by atoms with Crippen LogP contribution in [0.15, 0.2) is 65.0 Å². The SMILES string of the molecule is O=NC(=O)COc1ccc(-c2nc(-c3ccc(OCC(=O)O)cc3O)nc(-c3ccc(OCC(=O)O)cc3O)n2)c(OCC(=O)N=O)c1. The molecule has 19 heteroatoms. The van der Waals surface area contributed by atoms with Crippen LogP contribution in [0, 0.1) is 9.81 Å². The van der Waals surface area contributed by atoms with Crippen molar-refractivity contribution in [3.63, 3.8) is 0 Å². The van der Waals surface area contributed by atoms with Gasteiger partial charge in [0, 0.05) is 28.6 Å². The number of carboxylic acids is 2. The Kier molecular flexibility index (Phi) is 10.8. The van der Waals surface area contributed by atoms with Gasteiger partial charge in [-0.1, -0.05) is 0 Å². The summed E-state index contributed by atoms with van der Waals surface area (Å²) in [6.45, 7) is -2.94. The summed E-state index contributed by atoms with van der Waals surface area (Å²) in [7, 11) is 0. The van der Waals surface area contributed by atoms with Gasteiger partial charge in [0.2, 0.25) is 0 Å². The van der Waals surface area contributed by atoms with Gasteiger partial charge in [-0.15, -0.1) is 9.81 Å². The summed E-state index contributed by atoms with van der Waals surface area (Å²) in [6, 6.07) is 11.4. The number of aromatic hydroxyl groups is 2. The van der Waals surface area contributed by atoms with Gasteiger partial charge in [0.05, 0.1) is 16.7 Å². The van der Waals surface area contributed by atoms with Crippen molar-refractivity contribution in [3.05, 3.63) is 64.4 Å². The fourth-order valence-corrected chi connectivity index (χ4v) is 3.84. The summed E-state index contributed by atoms with van der Waals surface area (Å²) in [5.74, 6) is -6.47. The Morgan fingerprint density at radius 1 is 0.542 bits per heavy atom. The Balaban J connectivity index is 1.87. The van der Waals surface area contributed by atoms with E-state index in [1.54, 1.807) is 0 Å². The molecule has 0 atom stereocenters. The van der Waals surface area contributed by atoms with Gasteiger partial charge in [-0.3, -0.25) is 9.59 Å². The third-order valence-corrected chi connectivity index (χ3v) is 5.89. The van der Waals surface area contributed by atoms with Crippen molar-refractivity contribution >= 4 is 23.8 Å². The number of ether oxygens (including phenoxy) is 4. The average Bonchev–Trinajstić information content (AvgIpc) is 3.07. The van der Waals surface area contributed by atoms with Crippen LogP contribution in [0.4, 0.5) is 0 Å². The maximum Gasteiger partial charge on any atom is 0.341 e. The Morgan fingerprint density at radius 2 is 0.917 bits per heavy atom. The zero-order valence-electron chi connectivity index (χ0n) is 24.1. The lowest BCUT2D eigenvalue weighted by Gasteiger charge is -2.14. The van der Waals surface area contributed by atoms with E-state index in [4.69, 9.17) is 29.2 Å². The van der Waals surface area contributed by atoms with Gasteiger partial charge < -0.3 is 39.4 Å². The largest absolute Gasteiger partial charge is 0.507 e. The van der Waals surface area contributed by atoms with E-state index in [1.165, 1.54) is 42.5 Å². The lowest BCUT2D eigenvalue weighted by atomic mass is 10.1. The van der Waals surface area contributed by atoms with E-state index in [-0.39, 0.29) is 57.2 Å². The molecule has 0 saturated carbocycles. The van der Waals surface area contributed by atoms with Crippen molar-refractivity contribution in [2.45, 2.75) is 0 Å². The van der Waals surface area contributed by atoms with Gasteiger partial charge in [-0.2, -0.15) is 0 Å². The summed E-state index contributed by atoms with van der Waals surface area (Å²) < 4.78 is 20.9. The van der Waals surface area contributed by atoms with Crippen molar-refractivity contribution in [1.82, 2.24) is 15.0 Å². The zero-order chi connectivity index (χ0) is 34.8. The predicted molar refractivity (Wildman–Crippen MR) is 158 cm³/mol. The van der Waals surface area contributed by atoms with Crippen molar-refractivity contribution in [1.29, 1.82) is 0 Å². The first-order valence-corrected chi connectivity index (χ1v) is 13.2. The van der Waals surface area contributed by atoms with Gasteiger partial charge in [-0.25, -0.2) is 24.5 Å². The molecule has 0 unspecified atom stereocenters. The summed E-state index contributed by atoms with van der Waals surface area (Å²) in [5.41, 5.74) is 0.0183. The quantitative estimate of drug-likeness (QED) is 0.133. The molecule has 0 spiro atoms. The Labute approximate surface area is 267 Å². The number of carbonyl (C=O) groups excluding carboxylic acids is 2. The molecule has 1 aromatic heterocycles. The van der Waals surface area contributed by atoms with Crippen molar-refractivity contribution in [2.75, 3.05) is 26.4 Å². The molecule has 3 aromatic carbocycles. The zero-order valence-corrected chi connectivity index (χ0v) is 24.1. The topological polar surface area (TPSA) is 284 Å². The summed E-state index contributed by atoms with van der Waals surface area (Å²) in [6.07, 6.45) is 0. The first kappa shape index (κ1) is 33.8. The molecule has 0 bridgehead atoms. The second-order valence-electron chi connectivity index (χ2n) is 9.23. The van der Waals surface area contributed by atoms with Crippen LogP contribution in [0.3, 0.4) is 0 Å². The van der Waals surface area contributed by atoms with E-state index in [1.807, 2.05) is 0 Å². The Morgan fingerprint density at radius 3 is 1.33 bits per heavy atom. The fourth-order valence-electron chi connectivity index (χ4n) is 3.84. The number of aliphatic carboxylic acids is 2. The summed E-state index contributed by atoms with van der Waals surface area (Å²) >= 11 is 0. The third kappa shape index (κ3) is 8.78. The molecule has 48 heavy (non-hydrogen) atoms. The minimum Gasteiger partial charge on any atom is -0.507 e. The minimum atomic E-state index is -1.25. The summed E-state index contributed by atoms with van der Waals surface area (Å²) in [4.78, 5) is 79.0. The van der Waals surface area contributed by atoms with Gasteiger partial charge in [0.15, 0.2) is 43.9 Å². The van der Waals surface area contributed by atoms with Crippen LogP contribution in [0.1, 0.15) is 0 Å². The van der Waals surface area contributed by atoms with Crippen LogP contribution < -0.4 is 18.9 Å². The minimum absolute atomic E-state index is 0.00531. The van der Waals surface area contributed by atoms with Crippen molar-refractivity contribution < 1.29 is 58.6 Å². The van der Waals surface area contributed by atoms with Gasteiger partial charge in [-0.05, 0) is 36.4 Å². The number of carbonyl (C=O) groups is 4. The Hall–Kier alpha value is -7.05. The van der Waals surface area contributed by atoms with Crippen LogP contribution >= 0.6 is 0 Å². The van der Waals surface area contributed by atoms with Gasteiger partial charge >= 0.3 is 23.8 Å². The molecule has 4 rings (SSSR count). The number of hydrogen-bond acceptors (Lipinski definition) is 15. The molecule has 0 aliphatic rings. The highest BCUT2D eigenvalue weighted by Crippen LogP contribution is 2.38. The highest BCUT2D eigenvalue weighted by molar-refractivity contribution is 5.80. The first-order valence-electron chi connectivity index (χ1n) is 13.2. The third-order valence-electron chi connectivity index (χ3n) is 5.89. The maximum absolute atomic E-state index is 11.6. The van der Waals surface area contributed by atoms with Crippen LogP contribution in [-0.2, 0) is 19.2 Å². The molecule has 0 aliphatic carbocycles. The van der Waals surface area contributed by atoms with Crippen LogP contribution in [0.2, 0.25) is 0 Å². The van der Waals surface area contributed by atoms with Crippen molar-refractivity contribution in [3.8, 4) is 68.7 Å². The number of benzene rings is 3. The number of phenols is 2. The van der Waals surface area contributed by atoms with Crippen LogP contribution in [-0.4, -0.2) is 85.6 Å². The van der Waals surface area contributed by atoms with Crippen LogP contribution in [0.5, 0.6) is 34.5 Å². The normalized spacial score (nSPS) is 10.4. The molecule has 2 amide bonds. The highest BCUT2D eigenvalue weighted by atomic mass is 16.5. The highest BCUT2D eigenvalue weighted by Gasteiger charge is 2.21. The van der Waals surface area contributed by atoms with E-state index in [0.717, 1.165) is 12.1 Å². The van der Waals surface area contributed by atoms with E-state index in [2.05, 4.69) is 25.3 Å². The van der Waals surface area contributed by atoms with E-state index in [9.17, 15) is 39.2 Å². The number of aromatic nitrogens is 3. The molecule has 246 valence electrons. The van der Waals surface area contributed by atoms with E-state index >= 15 is 0 Å². The monoisotopic (exact) mass is 663 g/mol. The number of amides is 2. The van der Waals surface area contributed by atoms with Crippen LogP contribution in [0.25, 0.3) is 34.2 Å². The number of nitrogens with zero attached hydrogens (tertiary/aromatic N) is 5. The molecule has 0 saturated heterocycles. The average molecular weight is 664 g/mol. The molecule has 0 aliphatic heterocycles. The predicted octanol–water partition coefficient (Wildman–Crippen LogP) is 2.55. The molecule has 0 radical (unpaired) electrons. The lowest BCUT2D eigenvalue weighted by molar-refractivity contribution is -0.140. The van der Waals surface area contributed by atoms with Crippen molar-refractivity contribution in [2.24, 2.45) is 10.4 Å². The maximum atomic E-state index is 11.6. The summed E-state index contributed by atoms with van der Waals surface area (Å²) in [5, 5.41) is 43.8.